The summed E-state index contributed by atoms with van der Waals surface area (Å²) in [5.41, 5.74) is 6.99. The molecule has 200 valence electrons. The van der Waals surface area contributed by atoms with Crippen LogP contribution in [0, 0.1) is 5.82 Å². The predicted octanol–water partition coefficient (Wildman–Crippen LogP) is 11.1. The van der Waals surface area contributed by atoms with Gasteiger partial charge in [0.25, 0.3) is 0 Å². The molecule has 1 aromatic heterocycles. The topological polar surface area (TPSA) is 28.1 Å². The number of hydrogen-bond acceptors (Lipinski definition) is 1. The molecular weight excluding hydrogens is 502 g/mol. The summed E-state index contributed by atoms with van der Waals surface area (Å²) in [4.78, 5) is 7.61. The molecule has 0 amide bonds. The Morgan fingerprint density at radius 1 is 1.08 bits per heavy atom. The smallest absolute Gasteiger partial charge is 0.143 e. The normalized spacial score (nSPS) is 13.0. The van der Waals surface area contributed by atoms with Crippen molar-refractivity contribution in [1.82, 2.24) is 4.98 Å². The van der Waals surface area contributed by atoms with E-state index in [-0.39, 0.29) is 16.8 Å². The fourth-order valence-electron chi connectivity index (χ4n) is 4.25. The van der Waals surface area contributed by atoms with Crippen molar-refractivity contribution in [1.29, 1.82) is 0 Å². The van der Waals surface area contributed by atoms with Crippen LogP contribution in [0.5, 0.6) is 0 Å². The Balaban J connectivity index is 0.000000371. The molecule has 37 heavy (non-hydrogen) atoms. The van der Waals surface area contributed by atoms with Crippen molar-refractivity contribution in [3.63, 3.8) is 0 Å². The Kier molecular flexibility index (Phi) is 12.6. The van der Waals surface area contributed by atoms with Gasteiger partial charge in [-0.25, -0.2) is 4.39 Å². The van der Waals surface area contributed by atoms with E-state index in [2.05, 4.69) is 75.4 Å². The van der Waals surface area contributed by atoms with Gasteiger partial charge in [0.2, 0.25) is 0 Å². The zero-order valence-electron chi connectivity index (χ0n) is 23.1. The van der Waals surface area contributed by atoms with Crippen LogP contribution in [0.4, 0.5) is 4.39 Å². The van der Waals surface area contributed by atoms with Crippen LogP contribution in [0.15, 0.2) is 65.3 Å². The van der Waals surface area contributed by atoms with Crippen molar-refractivity contribution < 1.29 is 4.39 Å². The first kappa shape index (κ1) is 30.9. The number of aryl methyl sites for hydroxylation is 1. The second-order valence-corrected chi connectivity index (χ2v) is 10.7. The second kappa shape index (κ2) is 15.1. The molecule has 0 aliphatic rings. The van der Waals surface area contributed by atoms with E-state index < -0.39 is 0 Å². The minimum Gasteiger partial charge on any atom is -0.358 e. The lowest BCUT2D eigenvalue weighted by atomic mass is 9.91. The number of allylic oxidation sites excluding steroid dienone is 2. The average Bonchev–Trinajstić information content (AvgIpc) is 3.23. The summed E-state index contributed by atoms with van der Waals surface area (Å²) in [5.74, 6) is 0.373. The van der Waals surface area contributed by atoms with Crippen LogP contribution in [0.25, 0.3) is 10.9 Å². The molecule has 0 spiro atoms. The number of nitrogens with zero attached hydrogens (tertiary/aromatic N) is 1. The van der Waals surface area contributed by atoms with E-state index in [1.165, 1.54) is 28.5 Å². The van der Waals surface area contributed by atoms with Crippen LogP contribution in [0.3, 0.4) is 0 Å². The van der Waals surface area contributed by atoms with Gasteiger partial charge in [-0.15, -0.1) is 0 Å². The first-order chi connectivity index (χ1) is 17.6. The van der Waals surface area contributed by atoms with Crippen molar-refractivity contribution in [3.8, 4) is 0 Å². The Bertz CT molecular complexity index is 1220. The number of aromatic amines is 1. The molecule has 1 unspecified atom stereocenters. The highest BCUT2D eigenvalue weighted by Crippen LogP contribution is 2.35. The summed E-state index contributed by atoms with van der Waals surface area (Å²) in [6.07, 6.45) is 8.55. The van der Waals surface area contributed by atoms with E-state index in [9.17, 15) is 4.39 Å². The van der Waals surface area contributed by atoms with Crippen molar-refractivity contribution in [3.05, 3.63) is 93.5 Å². The largest absolute Gasteiger partial charge is 0.358 e. The number of rotatable bonds is 10. The Morgan fingerprint density at radius 2 is 1.73 bits per heavy atom. The summed E-state index contributed by atoms with van der Waals surface area (Å²) in [6.45, 7) is 16.4. The summed E-state index contributed by atoms with van der Waals surface area (Å²) in [5, 5.41) is 1.82. The summed E-state index contributed by atoms with van der Waals surface area (Å²) in [7, 11) is 0. The number of nitrogens with one attached hydrogen (secondary N) is 1. The maximum Gasteiger partial charge on any atom is 0.143 e. The lowest BCUT2D eigenvalue weighted by Gasteiger charge is -2.15. The van der Waals surface area contributed by atoms with E-state index in [1.807, 2.05) is 6.92 Å². The average molecular weight is 544 g/mol. The number of H-pyrrole nitrogens is 1. The molecule has 0 saturated carbocycles. The fraction of sp³-hybridized carbons (Fsp3) is 0.406. The fourth-order valence-corrected chi connectivity index (χ4v) is 4.46. The van der Waals surface area contributed by atoms with Crippen molar-refractivity contribution in [2.75, 3.05) is 0 Å². The molecule has 0 aliphatic carbocycles. The number of aliphatic imine (C=N–C) groups is 1. The third-order valence-electron chi connectivity index (χ3n) is 6.51. The number of benzene rings is 2. The lowest BCUT2D eigenvalue weighted by molar-refractivity contribution is 0.630. The lowest BCUT2D eigenvalue weighted by Crippen LogP contribution is -2.01. The van der Waals surface area contributed by atoms with Gasteiger partial charge in [-0.3, -0.25) is 4.99 Å². The van der Waals surface area contributed by atoms with Gasteiger partial charge in [0.15, 0.2) is 0 Å². The molecule has 3 aromatic rings. The minimum atomic E-state index is -0.372. The van der Waals surface area contributed by atoms with Crippen LogP contribution in [0.2, 0.25) is 5.02 Å². The highest BCUT2D eigenvalue weighted by Gasteiger charge is 2.19. The zero-order valence-corrected chi connectivity index (χ0v) is 24.6. The third-order valence-corrected chi connectivity index (χ3v) is 7.05. The number of unbranched alkanes of at least 4 members (excludes halogenated alkanes) is 1. The van der Waals surface area contributed by atoms with E-state index in [0.29, 0.717) is 11.0 Å². The van der Waals surface area contributed by atoms with Crippen LogP contribution >= 0.6 is 23.2 Å². The number of aromatic nitrogens is 1. The van der Waals surface area contributed by atoms with E-state index in [1.54, 1.807) is 18.3 Å². The van der Waals surface area contributed by atoms with Crippen molar-refractivity contribution in [2.24, 2.45) is 4.99 Å². The van der Waals surface area contributed by atoms with Crippen LogP contribution in [0.1, 0.15) is 101 Å². The van der Waals surface area contributed by atoms with Gasteiger partial charge in [-0.05, 0) is 67.0 Å². The zero-order chi connectivity index (χ0) is 27.5. The predicted molar refractivity (Wildman–Crippen MR) is 162 cm³/mol. The summed E-state index contributed by atoms with van der Waals surface area (Å²) >= 11 is 11.7. The molecule has 3 rings (SSSR count). The van der Waals surface area contributed by atoms with E-state index in [0.717, 1.165) is 48.7 Å². The molecular formula is C32H41Cl2FN2. The van der Waals surface area contributed by atoms with Crippen LogP contribution in [-0.4, -0.2) is 10.7 Å². The van der Waals surface area contributed by atoms with Gasteiger partial charge in [0.05, 0.1) is 10.1 Å². The van der Waals surface area contributed by atoms with Crippen molar-refractivity contribution in [2.45, 2.75) is 85.5 Å². The molecule has 0 bridgehead atoms. The van der Waals surface area contributed by atoms with Gasteiger partial charge >= 0.3 is 0 Å². The molecule has 0 saturated heterocycles. The third kappa shape index (κ3) is 8.86. The van der Waals surface area contributed by atoms with Crippen molar-refractivity contribution >= 4 is 39.8 Å². The highest BCUT2D eigenvalue weighted by atomic mass is 35.5. The minimum absolute atomic E-state index is 0.190. The standard InChI is InChI=1S/C23H27ClFN.C9H14ClN/c1-5-6-7-18-19-12-20(24)21(25)13-22(19)26-23(18)15(4)17-10-8-16(9-11-17)14(2)3;1-4-6-8(3)11-7-9(10)5-2/h8-15,26H,5-7H2,1-4H3;5,7H,2,4,6H2,1,3H3/b;9-7+,11-8?. The molecule has 5 heteroatoms. The quantitative estimate of drug-likeness (QED) is 0.195. The molecule has 2 aromatic carbocycles. The maximum absolute atomic E-state index is 13.9. The monoisotopic (exact) mass is 542 g/mol. The first-order valence-corrected chi connectivity index (χ1v) is 14.0. The molecule has 1 heterocycles. The van der Waals surface area contributed by atoms with Crippen LogP contribution < -0.4 is 0 Å². The van der Waals surface area contributed by atoms with E-state index >= 15 is 0 Å². The van der Waals surface area contributed by atoms with Gasteiger partial charge in [0.1, 0.15) is 5.82 Å². The number of hydrogen-bond donors (Lipinski definition) is 1. The molecule has 1 N–H and O–H groups in total. The molecule has 0 aliphatic heterocycles. The Labute approximate surface area is 232 Å². The number of halogens is 3. The van der Waals surface area contributed by atoms with Gasteiger partial charge < -0.3 is 4.98 Å². The second-order valence-electron chi connectivity index (χ2n) is 9.81. The molecule has 2 nitrogen and oxygen atoms in total. The SMILES string of the molecule is C=C/C(Cl)=C\N=C(C)CCC.CCCCc1c(C(C)c2ccc(C(C)C)cc2)[nH]c2cc(F)c(Cl)cc12. The van der Waals surface area contributed by atoms with Gasteiger partial charge in [-0.2, -0.15) is 0 Å². The van der Waals surface area contributed by atoms with Crippen LogP contribution in [-0.2, 0) is 6.42 Å². The Hall–Kier alpha value is -2.36. The highest BCUT2D eigenvalue weighted by molar-refractivity contribution is 6.31. The first-order valence-electron chi connectivity index (χ1n) is 13.2. The molecule has 0 radical (unpaired) electrons. The van der Waals surface area contributed by atoms with Gasteiger partial charge in [-0.1, -0.05) is 102 Å². The van der Waals surface area contributed by atoms with Gasteiger partial charge in [0, 0.05) is 34.4 Å². The molecule has 0 fully saturated rings. The van der Waals surface area contributed by atoms with E-state index in [4.69, 9.17) is 23.2 Å². The maximum atomic E-state index is 13.9. The number of fused-ring (bicyclic) bond motifs is 1. The summed E-state index contributed by atoms with van der Waals surface area (Å²) in [6, 6.07) is 12.1. The molecule has 1 atom stereocenters. The summed E-state index contributed by atoms with van der Waals surface area (Å²) < 4.78 is 13.9. The Morgan fingerprint density at radius 3 is 2.30 bits per heavy atom.